The standard InChI is InChI=1S/C15H21N3S2/c1-10(2)18(9-11-5-4-8-19-11)15-17-14-12(16)6-3-7-13(14)20-15/h4-5,8,10,12H,3,6-7,9,16H2,1-2H3. The van der Waals surface area contributed by atoms with Crippen molar-refractivity contribution in [2.75, 3.05) is 4.90 Å². The number of thiazole rings is 1. The van der Waals surface area contributed by atoms with Gasteiger partial charge in [0.15, 0.2) is 5.13 Å². The number of aryl methyl sites for hydroxylation is 1. The van der Waals surface area contributed by atoms with E-state index < -0.39 is 0 Å². The molecule has 0 bridgehead atoms. The van der Waals surface area contributed by atoms with E-state index in [4.69, 9.17) is 10.7 Å². The number of nitrogens with zero attached hydrogens (tertiary/aromatic N) is 2. The van der Waals surface area contributed by atoms with Gasteiger partial charge in [0.25, 0.3) is 0 Å². The van der Waals surface area contributed by atoms with Gasteiger partial charge in [-0.3, -0.25) is 0 Å². The first-order chi connectivity index (χ1) is 9.65. The summed E-state index contributed by atoms with van der Waals surface area (Å²) >= 11 is 3.65. The summed E-state index contributed by atoms with van der Waals surface area (Å²) in [6, 6.07) is 4.89. The molecule has 0 spiro atoms. The lowest BCUT2D eigenvalue weighted by Gasteiger charge is -2.25. The maximum absolute atomic E-state index is 6.20. The Balaban J connectivity index is 1.88. The Morgan fingerprint density at radius 2 is 2.35 bits per heavy atom. The van der Waals surface area contributed by atoms with Gasteiger partial charge < -0.3 is 10.6 Å². The molecule has 2 aromatic heterocycles. The summed E-state index contributed by atoms with van der Waals surface area (Å²) in [6.45, 7) is 5.40. The molecule has 20 heavy (non-hydrogen) atoms. The SMILES string of the molecule is CC(C)N(Cc1cccs1)c1nc2c(s1)CCCC2N. The smallest absolute Gasteiger partial charge is 0.186 e. The van der Waals surface area contributed by atoms with Crippen molar-refractivity contribution in [3.8, 4) is 0 Å². The first kappa shape index (κ1) is 14.0. The number of anilines is 1. The predicted molar refractivity (Wildman–Crippen MR) is 87.6 cm³/mol. The fourth-order valence-electron chi connectivity index (χ4n) is 2.60. The zero-order chi connectivity index (χ0) is 14.1. The maximum atomic E-state index is 6.20. The monoisotopic (exact) mass is 307 g/mol. The molecular formula is C15H21N3S2. The molecule has 1 atom stereocenters. The number of aromatic nitrogens is 1. The minimum atomic E-state index is 0.138. The van der Waals surface area contributed by atoms with E-state index in [1.165, 1.54) is 16.2 Å². The van der Waals surface area contributed by atoms with Crippen LogP contribution in [0.4, 0.5) is 5.13 Å². The van der Waals surface area contributed by atoms with Crippen LogP contribution in [0.25, 0.3) is 0 Å². The van der Waals surface area contributed by atoms with Crippen LogP contribution in [0.15, 0.2) is 17.5 Å². The molecule has 2 heterocycles. The van der Waals surface area contributed by atoms with Gasteiger partial charge in [-0.05, 0) is 44.6 Å². The fourth-order valence-corrected chi connectivity index (χ4v) is 4.61. The Morgan fingerprint density at radius 3 is 3.00 bits per heavy atom. The highest BCUT2D eigenvalue weighted by Gasteiger charge is 2.24. The molecule has 5 heteroatoms. The third-order valence-corrected chi connectivity index (χ3v) is 5.79. The van der Waals surface area contributed by atoms with E-state index in [0.29, 0.717) is 6.04 Å². The Morgan fingerprint density at radius 1 is 1.50 bits per heavy atom. The molecule has 0 saturated carbocycles. The molecule has 108 valence electrons. The normalized spacial score (nSPS) is 18.3. The van der Waals surface area contributed by atoms with E-state index in [2.05, 4.69) is 36.3 Å². The van der Waals surface area contributed by atoms with Crippen molar-refractivity contribution >= 4 is 27.8 Å². The number of fused-ring (bicyclic) bond motifs is 1. The highest BCUT2D eigenvalue weighted by molar-refractivity contribution is 7.15. The van der Waals surface area contributed by atoms with Crippen molar-refractivity contribution in [3.63, 3.8) is 0 Å². The van der Waals surface area contributed by atoms with E-state index in [1.54, 1.807) is 0 Å². The minimum Gasteiger partial charge on any atom is -0.341 e. The number of thiophene rings is 1. The van der Waals surface area contributed by atoms with Crippen LogP contribution in [-0.4, -0.2) is 11.0 Å². The van der Waals surface area contributed by atoms with Crippen molar-refractivity contribution in [2.45, 2.75) is 51.7 Å². The van der Waals surface area contributed by atoms with Crippen molar-refractivity contribution in [2.24, 2.45) is 5.73 Å². The summed E-state index contributed by atoms with van der Waals surface area (Å²) in [7, 11) is 0. The molecule has 1 unspecified atom stereocenters. The van der Waals surface area contributed by atoms with Gasteiger partial charge in [-0.25, -0.2) is 4.98 Å². The molecule has 0 fully saturated rings. The number of hydrogen-bond donors (Lipinski definition) is 1. The van der Waals surface area contributed by atoms with E-state index in [-0.39, 0.29) is 6.04 Å². The van der Waals surface area contributed by atoms with Crippen LogP contribution in [0.5, 0.6) is 0 Å². The second-order valence-electron chi connectivity index (χ2n) is 5.60. The fraction of sp³-hybridized carbons (Fsp3) is 0.533. The summed E-state index contributed by atoms with van der Waals surface area (Å²) in [5.41, 5.74) is 7.35. The zero-order valence-electron chi connectivity index (χ0n) is 12.0. The molecule has 0 radical (unpaired) electrons. The van der Waals surface area contributed by atoms with E-state index in [9.17, 15) is 0 Å². The lowest BCUT2D eigenvalue weighted by atomic mass is 9.99. The molecule has 0 amide bonds. The van der Waals surface area contributed by atoms with Crippen molar-refractivity contribution in [1.82, 2.24) is 4.98 Å². The Kier molecular flexibility index (Phi) is 4.10. The molecule has 0 aromatic carbocycles. The average molecular weight is 307 g/mol. The van der Waals surface area contributed by atoms with Gasteiger partial charge in [-0.2, -0.15) is 0 Å². The second kappa shape index (κ2) is 5.84. The summed E-state index contributed by atoms with van der Waals surface area (Å²) < 4.78 is 0. The van der Waals surface area contributed by atoms with Crippen molar-refractivity contribution < 1.29 is 0 Å². The van der Waals surface area contributed by atoms with Gasteiger partial charge in [0.2, 0.25) is 0 Å². The van der Waals surface area contributed by atoms with Gasteiger partial charge in [0, 0.05) is 21.8 Å². The molecule has 2 aromatic rings. The van der Waals surface area contributed by atoms with E-state index in [0.717, 1.165) is 30.2 Å². The van der Waals surface area contributed by atoms with E-state index in [1.807, 2.05) is 22.7 Å². The molecule has 0 aliphatic heterocycles. The largest absolute Gasteiger partial charge is 0.341 e. The highest BCUT2D eigenvalue weighted by atomic mass is 32.1. The summed E-state index contributed by atoms with van der Waals surface area (Å²) in [5, 5.41) is 3.27. The molecule has 3 rings (SSSR count). The third kappa shape index (κ3) is 2.75. The van der Waals surface area contributed by atoms with Crippen LogP contribution in [0, 0.1) is 0 Å². The molecule has 1 aliphatic carbocycles. The molecule has 0 saturated heterocycles. The molecular weight excluding hydrogens is 286 g/mol. The summed E-state index contributed by atoms with van der Waals surface area (Å²) in [4.78, 5) is 10.0. The summed E-state index contributed by atoms with van der Waals surface area (Å²) in [6.07, 6.45) is 3.41. The first-order valence-electron chi connectivity index (χ1n) is 7.19. The van der Waals surface area contributed by atoms with Gasteiger partial charge in [0.1, 0.15) is 0 Å². The average Bonchev–Trinajstić information content (AvgIpc) is 3.05. The van der Waals surface area contributed by atoms with Crippen LogP contribution in [0.2, 0.25) is 0 Å². The van der Waals surface area contributed by atoms with Gasteiger partial charge in [0.05, 0.1) is 12.2 Å². The van der Waals surface area contributed by atoms with Gasteiger partial charge in [-0.15, -0.1) is 22.7 Å². The van der Waals surface area contributed by atoms with Crippen LogP contribution in [0.3, 0.4) is 0 Å². The molecule has 3 nitrogen and oxygen atoms in total. The maximum Gasteiger partial charge on any atom is 0.186 e. The van der Waals surface area contributed by atoms with Crippen LogP contribution in [0.1, 0.15) is 48.2 Å². The molecule has 1 aliphatic rings. The van der Waals surface area contributed by atoms with Crippen LogP contribution >= 0.6 is 22.7 Å². The number of nitrogens with two attached hydrogens (primary N) is 1. The Labute approximate surface area is 128 Å². The van der Waals surface area contributed by atoms with Crippen LogP contribution in [-0.2, 0) is 13.0 Å². The predicted octanol–water partition coefficient (Wildman–Crippen LogP) is 3.96. The van der Waals surface area contributed by atoms with Crippen molar-refractivity contribution in [3.05, 3.63) is 33.0 Å². The highest BCUT2D eigenvalue weighted by Crippen LogP contribution is 2.36. The molecule has 2 N–H and O–H groups in total. The lowest BCUT2D eigenvalue weighted by Crippen LogP contribution is -2.29. The Hall–Kier alpha value is -0.910. The first-order valence-corrected chi connectivity index (χ1v) is 8.89. The minimum absolute atomic E-state index is 0.138. The third-order valence-electron chi connectivity index (χ3n) is 3.76. The van der Waals surface area contributed by atoms with Crippen LogP contribution < -0.4 is 10.6 Å². The zero-order valence-corrected chi connectivity index (χ0v) is 13.6. The van der Waals surface area contributed by atoms with E-state index >= 15 is 0 Å². The quantitative estimate of drug-likeness (QED) is 0.930. The topological polar surface area (TPSA) is 42.2 Å². The van der Waals surface area contributed by atoms with Gasteiger partial charge in [-0.1, -0.05) is 6.07 Å². The van der Waals surface area contributed by atoms with Gasteiger partial charge >= 0.3 is 0 Å². The number of hydrogen-bond acceptors (Lipinski definition) is 5. The van der Waals surface area contributed by atoms with Crippen molar-refractivity contribution in [1.29, 1.82) is 0 Å². The lowest BCUT2D eigenvalue weighted by molar-refractivity contribution is 0.562. The number of rotatable bonds is 4. The Bertz CT molecular complexity index is 560. The summed E-state index contributed by atoms with van der Waals surface area (Å²) in [5.74, 6) is 0. The second-order valence-corrected chi connectivity index (χ2v) is 7.70.